The number of carbonyl (C=O) groups excluding carboxylic acids is 2. The normalized spacial score (nSPS) is 24.0. The third-order valence-corrected chi connectivity index (χ3v) is 5.51. The summed E-state index contributed by atoms with van der Waals surface area (Å²) in [5, 5.41) is 3.93. The molecule has 1 atom stereocenters. The largest absolute Gasteiger partial charge is 0.380 e. The quantitative estimate of drug-likeness (QED) is 0.831. The fourth-order valence-corrected chi connectivity index (χ4v) is 4.04. The van der Waals surface area contributed by atoms with Crippen LogP contribution in [0.1, 0.15) is 54.9 Å². The van der Waals surface area contributed by atoms with Gasteiger partial charge in [0.15, 0.2) is 5.69 Å². The Kier molecular flexibility index (Phi) is 4.86. The van der Waals surface area contributed by atoms with Crippen molar-refractivity contribution in [3.05, 3.63) is 17.0 Å². The van der Waals surface area contributed by atoms with Crippen LogP contribution in [-0.2, 0) is 16.1 Å². The van der Waals surface area contributed by atoms with Crippen LogP contribution in [0.25, 0.3) is 0 Å². The fourth-order valence-electron chi connectivity index (χ4n) is 4.04. The van der Waals surface area contributed by atoms with Gasteiger partial charge in [0.05, 0.1) is 17.6 Å². The second-order valence-corrected chi connectivity index (χ2v) is 7.45. The van der Waals surface area contributed by atoms with Gasteiger partial charge >= 0.3 is 0 Å². The van der Waals surface area contributed by atoms with E-state index in [4.69, 9.17) is 9.26 Å². The van der Waals surface area contributed by atoms with E-state index in [1.165, 1.54) is 0 Å². The van der Waals surface area contributed by atoms with Gasteiger partial charge in [0.2, 0.25) is 5.91 Å². The van der Waals surface area contributed by atoms with E-state index >= 15 is 0 Å². The highest BCUT2D eigenvalue weighted by atomic mass is 16.5. The van der Waals surface area contributed by atoms with Crippen LogP contribution in [0.3, 0.4) is 0 Å². The lowest BCUT2D eigenvalue weighted by molar-refractivity contribution is -0.147. The third kappa shape index (κ3) is 3.05. The number of piperidine rings is 1. The summed E-state index contributed by atoms with van der Waals surface area (Å²) < 4.78 is 10.3. The second kappa shape index (κ2) is 6.78. The van der Waals surface area contributed by atoms with E-state index in [9.17, 15) is 9.59 Å². The summed E-state index contributed by atoms with van der Waals surface area (Å²) >= 11 is 0. The molecule has 2 amide bonds. The monoisotopic (exact) mass is 349 g/mol. The smallest absolute Gasteiger partial charge is 0.276 e. The summed E-state index contributed by atoms with van der Waals surface area (Å²) in [4.78, 5) is 29.6. The highest BCUT2D eigenvalue weighted by Gasteiger charge is 2.50. The van der Waals surface area contributed by atoms with E-state index < -0.39 is 5.41 Å². The molecule has 0 radical (unpaired) electrons. The molecule has 3 rings (SSSR count). The zero-order chi connectivity index (χ0) is 18.2. The molecule has 1 aromatic heterocycles. The van der Waals surface area contributed by atoms with Crippen LogP contribution in [0.5, 0.6) is 0 Å². The molecule has 0 bridgehead atoms. The molecule has 3 heterocycles. The molecule has 0 N–H and O–H groups in total. The number of aromatic nitrogens is 1. The van der Waals surface area contributed by atoms with Crippen molar-refractivity contribution in [2.75, 3.05) is 26.7 Å². The number of hydrogen-bond donors (Lipinski definition) is 0. The first-order valence-corrected chi connectivity index (χ1v) is 8.94. The maximum Gasteiger partial charge on any atom is 0.276 e. The van der Waals surface area contributed by atoms with E-state index in [1.807, 2.05) is 18.7 Å². The lowest BCUT2D eigenvalue weighted by Gasteiger charge is -2.41. The molecule has 2 saturated heterocycles. The van der Waals surface area contributed by atoms with Crippen LogP contribution >= 0.6 is 0 Å². The van der Waals surface area contributed by atoms with Gasteiger partial charge in [0.1, 0.15) is 5.76 Å². The number of methoxy groups -OCH3 is 1. The lowest BCUT2D eigenvalue weighted by Crippen LogP contribution is -2.52. The van der Waals surface area contributed by atoms with Crippen LogP contribution in [-0.4, -0.2) is 59.6 Å². The van der Waals surface area contributed by atoms with Gasteiger partial charge in [-0.05, 0) is 40.0 Å². The minimum absolute atomic E-state index is 0.171. The summed E-state index contributed by atoms with van der Waals surface area (Å²) in [5.41, 5.74) is 0.561. The highest BCUT2D eigenvalue weighted by molar-refractivity contribution is 5.95. The zero-order valence-electron chi connectivity index (χ0n) is 15.5. The van der Waals surface area contributed by atoms with Crippen molar-refractivity contribution in [2.24, 2.45) is 5.41 Å². The van der Waals surface area contributed by atoms with Crippen molar-refractivity contribution in [1.82, 2.24) is 15.0 Å². The molecule has 25 heavy (non-hydrogen) atoms. The van der Waals surface area contributed by atoms with Crippen molar-refractivity contribution in [3.8, 4) is 0 Å². The Morgan fingerprint density at radius 2 is 2.12 bits per heavy atom. The standard InChI is InChI=1S/C18H27N3O4/c1-12(2)21-8-5-6-18(17(21)23)7-9-20(11-18)16(22)15-14(10-24-4)13(3)25-19-15/h12H,5-11H2,1-4H3/t18-/m0/s1. The summed E-state index contributed by atoms with van der Waals surface area (Å²) in [7, 11) is 1.58. The first-order valence-electron chi connectivity index (χ1n) is 8.94. The Labute approximate surface area is 148 Å². The van der Waals surface area contributed by atoms with Crippen molar-refractivity contribution in [3.63, 3.8) is 0 Å². The summed E-state index contributed by atoms with van der Waals surface area (Å²) in [6.07, 6.45) is 2.56. The molecule has 138 valence electrons. The average Bonchev–Trinajstić information content (AvgIpc) is 3.16. The number of rotatable bonds is 4. The number of ether oxygens (including phenoxy) is 1. The number of carbonyl (C=O) groups is 2. The molecular formula is C18H27N3O4. The van der Waals surface area contributed by atoms with Crippen molar-refractivity contribution in [2.45, 2.75) is 52.7 Å². The van der Waals surface area contributed by atoms with Gasteiger partial charge in [0.25, 0.3) is 5.91 Å². The number of amides is 2. The first kappa shape index (κ1) is 17.9. The van der Waals surface area contributed by atoms with Crippen LogP contribution in [0.2, 0.25) is 0 Å². The number of nitrogens with zero attached hydrogens (tertiary/aromatic N) is 3. The molecular weight excluding hydrogens is 322 g/mol. The molecule has 2 fully saturated rings. The number of aryl methyl sites for hydroxylation is 1. The Morgan fingerprint density at radius 1 is 1.36 bits per heavy atom. The van der Waals surface area contributed by atoms with E-state index in [-0.39, 0.29) is 24.5 Å². The van der Waals surface area contributed by atoms with E-state index in [1.54, 1.807) is 18.9 Å². The molecule has 0 unspecified atom stereocenters. The van der Waals surface area contributed by atoms with Crippen molar-refractivity contribution < 1.29 is 18.8 Å². The molecule has 7 nitrogen and oxygen atoms in total. The van der Waals surface area contributed by atoms with Crippen LogP contribution in [0, 0.1) is 12.3 Å². The molecule has 1 aromatic rings. The molecule has 2 aliphatic rings. The average molecular weight is 349 g/mol. The van der Waals surface area contributed by atoms with Gasteiger partial charge in [-0.25, -0.2) is 0 Å². The van der Waals surface area contributed by atoms with E-state index in [0.717, 1.165) is 25.8 Å². The second-order valence-electron chi connectivity index (χ2n) is 7.45. The van der Waals surface area contributed by atoms with Gasteiger partial charge in [-0.15, -0.1) is 0 Å². The van der Waals surface area contributed by atoms with Crippen LogP contribution in [0.4, 0.5) is 0 Å². The maximum absolute atomic E-state index is 13.0. The highest BCUT2D eigenvalue weighted by Crippen LogP contribution is 2.41. The lowest BCUT2D eigenvalue weighted by atomic mass is 9.78. The summed E-state index contributed by atoms with van der Waals surface area (Å²) in [6, 6.07) is 0.195. The van der Waals surface area contributed by atoms with Gasteiger partial charge < -0.3 is 19.1 Å². The predicted molar refractivity (Wildman–Crippen MR) is 91.0 cm³/mol. The van der Waals surface area contributed by atoms with Gasteiger partial charge in [-0.2, -0.15) is 0 Å². The van der Waals surface area contributed by atoms with E-state index in [2.05, 4.69) is 5.16 Å². The Balaban J connectivity index is 1.78. The Hall–Kier alpha value is -1.89. The Morgan fingerprint density at radius 3 is 2.80 bits per heavy atom. The van der Waals surface area contributed by atoms with Gasteiger partial charge in [-0.3, -0.25) is 9.59 Å². The first-order chi connectivity index (χ1) is 11.9. The fraction of sp³-hybridized carbons (Fsp3) is 0.722. The molecule has 0 saturated carbocycles. The predicted octanol–water partition coefficient (Wildman–Crippen LogP) is 1.99. The number of likely N-dealkylation sites (tertiary alicyclic amines) is 2. The van der Waals surface area contributed by atoms with Crippen molar-refractivity contribution >= 4 is 11.8 Å². The SMILES string of the molecule is COCc1c(C(=O)N2CC[C@@]3(CCCN(C(C)C)C3=O)C2)noc1C. The molecule has 0 aromatic carbocycles. The number of hydrogen-bond acceptors (Lipinski definition) is 5. The molecule has 7 heteroatoms. The zero-order valence-corrected chi connectivity index (χ0v) is 15.5. The van der Waals surface area contributed by atoms with Crippen molar-refractivity contribution in [1.29, 1.82) is 0 Å². The minimum atomic E-state index is -0.432. The third-order valence-electron chi connectivity index (χ3n) is 5.51. The maximum atomic E-state index is 13.0. The Bertz CT molecular complexity index is 669. The van der Waals surface area contributed by atoms with Crippen LogP contribution < -0.4 is 0 Å². The molecule has 0 aliphatic carbocycles. The van der Waals surface area contributed by atoms with E-state index in [0.29, 0.717) is 30.1 Å². The molecule has 2 aliphatic heterocycles. The minimum Gasteiger partial charge on any atom is -0.380 e. The molecule has 1 spiro atoms. The van der Waals surface area contributed by atoms with Gasteiger partial charge in [-0.1, -0.05) is 5.16 Å². The topological polar surface area (TPSA) is 75.9 Å². The summed E-state index contributed by atoms with van der Waals surface area (Å²) in [5.74, 6) is 0.617. The van der Waals surface area contributed by atoms with Crippen LogP contribution in [0.15, 0.2) is 4.52 Å². The summed E-state index contributed by atoms with van der Waals surface area (Å²) in [6.45, 7) is 8.01. The van der Waals surface area contributed by atoms with Gasteiger partial charge in [0, 0.05) is 32.8 Å².